The number of hydrogen-bond donors (Lipinski definition) is 1. The molecule has 0 saturated carbocycles. The van der Waals surface area contributed by atoms with E-state index in [1.807, 2.05) is 6.07 Å². The molecule has 0 fully saturated rings. The number of nitro groups is 1. The third-order valence-corrected chi connectivity index (χ3v) is 3.94. The summed E-state index contributed by atoms with van der Waals surface area (Å²) in [5.74, 6) is -0.0266. The Bertz CT molecular complexity index is 886. The Kier molecular flexibility index (Phi) is 3.64. The van der Waals surface area contributed by atoms with Gasteiger partial charge >= 0.3 is 0 Å². The number of benzene rings is 2. The highest BCUT2D eigenvalue weighted by Crippen LogP contribution is 2.43. The summed E-state index contributed by atoms with van der Waals surface area (Å²) in [6, 6.07) is 13.6. The zero-order valence-electron chi connectivity index (χ0n) is 11.7. The first-order valence-electron chi connectivity index (χ1n) is 6.63. The van der Waals surface area contributed by atoms with Crippen molar-refractivity contribution in [2.45, 2.75) is 5.92 Å². The highest BCUT2D eigenvalue weighted by Gasteiger charge is 2.31. The van der Waals surface area contributed by atoms with Crippen LogP contribution in [0.2, 0.25) is 5.02 Å². The smallest absolute Gasteiger partial charge is 0.288 e. The first kappa shape index (κ1) is 14.9. The van der Waals surface area contributed by atoms with Gasteiger partial charge in [-0.05, 0) is 17.7 Å². The van der Waals surface area contributed by atoms with Gasteiger partial charge in [0.25, 0.3) is 5.69 Å². The van der Waals surface area contributed by atoms with Crippen LogP contribution >= 0.6 is 11.6 Å². The number of hydrogen-bond acceptors (Lipinski definition) is 5. The first-order valence-corrected chi connectivity index (χ1v) is 7.01. The van der Waals surface area contributed by atoms with Gasteiger partial charge in [-0.1, -0.05) is 35.9 Å². The predicted octanol–water partition coefficient (Wildman–Crippen LogP) is 3.47. The van der Waals surface area contributed by atoms with Crippen LogP contribution in [-0.4, -0.2) is 4.92 Å². The number of nitrogens with two attached hydrogens (primary N) is 1. The molecule has 0 aliphatic carbocycles. The van der Waals surface area contributed by atoms with E-state index in [-0.39, 0.29) is 22.2 Å². The van der Waals surface area contributed by atoms with Gasteiger partial charge < -0.3 is 10.5 Å². The summed E-state index contributed by atoms with van der Waals surface area (Å²) in [6.45, 7) is 0. The molecule has 2 N–H and O–H groups in total. The molecular formula is C16H10ClN3O3. The molecule has 114 valence electrons. The molecule has 1 atom stereocenters. The summed E-state index contributed by atoms with van der Waals surface area (Å²) >= 11 is 5.86. The van der Waals surface area contributed by atoms with Crippen LogP contribution < -0.4 is 10.5 Å². The average Bonchev–Trinajstić information content (AvgIpc) is 2.54. The van der Waals surface area contributed by atoms with Crippen molar-refractivity contribution in [2.75, 3.05) is 0 Å². The van der Waals surface area contributed by atoms with E-state index in [1.54, 1.807) is 30.3 Å². The lowest BCUT2D eigenvalue weighted by Gasteiger charge is -2.26. The van der Waals surface area contributed by atoms with Crippen LogP contribution in [0, 0.1) is 21.4 Å². The van der Waals surface area contributed by atoms with Gasteiger partial charge in [0.1, 0.15) is 22.4 Å². The standard InChI is InChI=1S/C16H10ClN3O3/c17-12-6-5-9(7-13(12)20(21)22)15-10-3-1-2-4-14(10)23-16(19)11(15)8-18/h1-7,15H,19H2/t15-/m1/s1. The van der Waals surface area contributed by atoms with Gasteiger partial charge in [-0.15, -0.1) is 0 Å². The predicted molar refractivity (Wildman–Crippen MR) is 83.8 cm³/mol. The van der Waals surface area contributed by atoms with Crippen LogP contribution in [0.15, 0.2) is 53.9 Å². The van der Waals surface area contributed by atoms with Crippen molar-refractivity contribution in [3.05, 3.63) is 80.2 Å². The number of para-hydroxylation sites is 1. The number of fused-ring (bicyclic) bond motifs is 1. The molecule has 0 aromatic heterocycles. The molecule has 7 heteroatoms. The lowest BCUT2D eigenvalue weighted by Crippen LogP contribution is -2.21. The molecule has 1 aliphatic heterocycles. The number of allylic oxidation sites excluding steroid dienone is 1. The largest absolute Gasteiger partial charge is 0.440 e. The second-order valence-corrected chi connectivity index (χ2v) is 5.34. The SMILES string of the molecule is N#CC1=C(N)Oc2ccccc2[C@H]1c1ccc(Cl)c([N+](=O)[O-])c1. The third kappa shape index (κ3) is 2.47. The van der Waals surface area contributed by atoms with E-state index in [2.05, 4.69) is 0 Å². The number of halogens is 1. The number of ether oxygens (including phenoxy) is 1. The van der Waals surface area contributed by atoms with Crippen molar-refractivity contribution in [1.82, 2.24) is 0 Å². The molecule has 0 amide bonds. The van der Waals surface area contributed by atoms with Gasteiger partial charge in [0.2, 0.25) is 5.88 Å². The Balaban J connectivity index is 2.23. The fourth-order valence-corrected chi connectivity index (χ4v) is 2.78. The highest BCUT2D eigenvalue weighted by molar-refractivity contribution is 6.32. The van der Waals surface area contributed by atoms with Gasteiger partial charge in [-0.25, -0.2) is 0 Å². The van der Waals surface area contributed by atoms with Crippen molar-refractivity contribution in [3.8, 4) is 11.8 Å². The number of rotatable bonds is 2. The molecule has 23 heavy (non-hydrogen) atoms. The van der Waals surface area contributed by atoms with E-state index in [9.17, 15) is 15.4 Å². The molecule has 1 aliphatic rings. The number of nitro benzene ring substituents is 1. The summed E-state index contributed by atoms with van der Waals surface area (Å²) in [7, 11) is 0. The molecule has 0 saturated heterocycles. The minimum Gasteiger partial charge on any atom is -0.440 e. The van der Waals surface area contributed by atoms with Crippen molar-refractivity contribution < 1.29 is 9.66 Å². The number of nitriles is 1. The molecule has 3 rings (SSSR count). The fraction of sp³-hybridized carbons (Fsp3) is 0.0625. The maximum atomic E-state index is 11.1. The summed E-state index contributed by atoms with van der Waals surface area (Å²) in [5.41, 5.74) is 7.09. The molecular weight excluding hydrogens is 318 g/mol. The van der Waals surface area contributed by atoms with Crippen LogP contribution in [-0.2, 0) is 0 Å². The number of nitrogens with zero attached hydrogens (tertiary/aromatic N) is 2. The highest BCUT2D eigenvalue weighted by atomic mass is 35.5. The minimum atomic E-state index is -0.559. The van der Waals surface area contributed by atoms with E-state index < -0.39 is 10.8 Å². The van der Waals surface area contributed by atoms with E-state index in [1.165, 1.54) is 12.1 Å². The molecule has 6 nitrogen and oxygen atoms in total. The monoisotopic (exact) mass is 327 g/mol. The maximum absolute atomic E-state index is 11.1. The first-order chi connectivity index (χ1) is 11.0. The summed E-state index contributed by atoms with van der Waals surface area (Å²) in [4.78, 5) is 10.6. The van der Waals surface area contributed by atoms with Crippen LogP contribution in [0.25, 0.3) is 0 Å². The molecule has 2 aromatic carbocycles. The minimum absolute atomic E-state index is 0.00574. The normalized spacial score (nSPS) is 16.3. The molecule has 1 heterocycles. The third-order valence-electron chi connectivity index (χ3n) is 3.62. The Morgan fingerprint density at radius 2 is 2.04 bits per heavy atom. The van der Waals surface area contributed by atoms with Gasteiger partial charge in [0.05, 0.1) is 10.8 Å². The Morgan fingerprint density at radius 1 is 1.30 bits per heavy atom. The Morgan fingerprint density at radius 3 is 2.74 bits per heavy atom. The van der Waals surface area contributed by atoms with Gasteiger partial charge in [0, 0.05) is 11.6 Å². The van der Waals surface area contributed by atoms with Gasteiger partial charge in [-0.2, -0.15) is 5.26 Å². The van der Waals surface area contributed by atoms with Crippen molar-refractivity contribution in [1.29, 1.82) is 5.26 Å². The molecule has 0 unspecified atom stereocenters. The van der Waals surface area contributed by atoms with Crippen LogP contribution in [0.1, 0.15) is 17.0 Å². The van der Waals surface area contributed by atoms with E-state index in [4.69, 9.17) is 22.1 Å². The zero-order chi connectivity index (χ0) is 16.6. The van der Waals surface area contributed by atoms with Crippen LogP contribution in [0.3, 0.4) is 0 Å². The second kappa shape index (κ2) is 5.63. The zero-order valence-corrected chi connectivity index (χ0v) is 12.4. The lowest BCUT2D eigenvalue weighted by atomic mass is 9.83. The van der Waals surface area contributed by atoms with Crippen molar-refractivity contribution in [2.24, 2.45) is 5.73 Å². The topological polar surface area (TPSA) is 102 Å². The van der Waals surface area contributed by atoms with Crippen molar-refractivity contribution in [3.63, 3.8) is 0 Å². The van der Waals surface area contributed by atoms with Gasteiger partial charge in [-0.3, -0.25) is 10.1 Å². The summed E-state index contributed by atoms with van der Waals surface area (Å²) in [6.07, 6.45) is 0. The molecule has 0 bridgehead atoms. The maximum Gasteiger partial charge on any atom is 0.288 e. The van der Waals surface area contributed by atoms with E-state index in [0.717, 1.165) is 5.56 Å². The molecule has 0 spiro atoms. The second-order valence-electron chi connectivity index (χ2n) is 4.93. The lowest BCUT2D eigenvalue weighted by molar-refractivity contribution is -0.384. The molecule has 0 radical (unpaired) electrons. The molecule has 2 aromatic rings. The Hall–Kier alpha value is -3.04. The van der Waals surface area contributed by atoms with Crippen LogP contribution in [0.4, 0.5) is 5.69 Å². The van der Waals surface area contributed by atoms with Crippen molar-refractivity contribution >= 4 is 17.3 Å². The van der Waals surface area contributed by atoms with E-state index >= 15 is 0 Å². The fourth-order valence-electron chi connectivity index (χ4n) is 2.60. The van der Waals surface area contributed by atoms with Crippen LogP contribution in [0.5, 0.6) is 5.75 Å². The summed E-state index contributed by atoms with van der Waals surface area (Å²) < 4.78 is 5.46. The average molecular weight is 328 g/mol. The summed E-state index contributed by atoms with van der Waals surface area (Å²) in [5, 5.41) is 20.6. The quantitative estimate of drug-likeness (QED) is 0.672. The van der Waals surface area contributed by atoms with Gasteiger partial charge in [0.15, 0.2) is 0 Å². The Labute approximate surface area is 136 Å². The van der Waals surface area contributed by atoms with E-state index in [0.29, 0.717) is 11.3 Å².